The molecule has 0 bridgehead atoms. The standard InChI is InChI=1S/C26H29ClN6O5/c1-4-22(34)29-16-11-32(12-16)5-6-33-24-15(10-28-26(31-24)30-17-13-38-14-17)7-20(25(33)35)19-8-18(36-2)9-21(37-3)23(19)27/h4,7-10,16-17H,1,5-6,11-14H2,2-3H3,(H,29,34)(H,28,30,31). The van der Waals surface area contributed by atoms with Crippen LogP contribution in [0.4, 0.5) is 5.95 Å². The smallest absolute Gasteiger partial charge is 0.260 e. The van der Waals surface area contributed by atoms with Gasteiger partial charge in [0.25, 0.3) is 5.56 Å². The number of carbonyl (C=O) groups is 1. The summed E-state index contributed by atoms with van der Waals surface area (Å²) < 4.78 is 17.7. The molecule has 200 valence electrons. The number of benzene rings is 1. The number of ether oxygens (including phenoxy) is 3. The van der Waals surface area contributed by atoms with Gasteiger partial charge in [-0.05, 0) is 18.2 Å². The number of fused-ring (bicyclic) bond motifs is 1. The van der Waals surface area contributed by atoms with Gasteiger partial charge in [-0.15, -0.1) is 0 Å². The van der Waals surface area contributed by atoms with E-state index in [1.54, 1.807) is 36.1 Å². The van der Waals surface area contributed by atoms with Crippen molar-refractivity contribution in [2.24, 2.45) is 0 Å². The number of aromatic nitrogens is 3. The number of pyridine rings is 1. The highest BCUT2D eigenvalue weighted by Gasteiger charge is 2.28. The number of carbonyl (C=O) groups excluding carboxylic acids is 1. The van der Waals surface area contributed by atoms with Gasteiger partial charge in [0.05, 0.1) is 44.5 Å². The lowest BCUT2D eigenvalue weighted by atomic mass is 10.0. The maximum Gasteiger partial charge on any atom is 0.260 e. The Morgan fingerprint density at radius 1 is 1.18 bits per heavy atom. The van der Waals surface area contributed by atoms with E-state index in [4.69, 9.17) is 25.8 Å². The largest absolute Gasteiger partial charge is 0.497 e. The van der Waals surface area contributed by atoms with Crippen LogP contribution in [0.5, 0.6) is 11.5 Å². The van der Waals surface area contributed by atoms with E-state index >= 15 is 0 Å². The summed E-state index contributed by atoms with van der Waals surface area (Å²) in [5, 5.41) is 7.13. The summed E-state index contributed by atoms with van der Waals surface area (Å²) in [6.07, 6.45) is 2.96. The zero-order valence-electron chi connectivity index (χ0n) is 21.2. The van der Waals surface area contributed by atoms with Crippen molar-refractivity contribution in [3.05, 3.63) is 52.4 Å². The molecule has 2 saturated heterocycles. The average molecular weight is 541 g/mol. The number of halogens is 1. The molecule has 0 unspecified atom stereocenters. The predicted octanol–water partition coefficient (Wildman–Crippen LogP) is 1.93. The molecule has 5 rings (SSSR count). The second-order valence-corrected chi connectivity index (χ2v) is 9.60. The topological polar surface area (TPSA) is 120 Å². The highest BCUT2D eigenvalue weighted by atomic mass is 35.5. The van der Waals surface area contributed by atoms with Gasteiger partial charge in [-0.3, -0.25) is 19.1 Å². The summed E-state index contributed by atoms with van der Waals surface area (Å²) in [6, 6.07) is 5.33. The highest BCUT2D eigenvalue weighted by Crippen LogP contribution is 2.38. The van der Waals surface area contributed by atoms with Crippen LogP contribution in [0.3, 0.4) is 0 Å². The summed E-state index contributed by atoms with van der Waals surface area (Å²) in [5.74, 6) is 1.16. The first-order valence-corrected chi connectivity index (χ1v) is 12.6. The van der Waals surface area contributed by atoms with Crippen molar-refractivity contribution in [2.45, 2.75) is 18.6 Å². The van der Waals surface area contributed by atoms with E-state index in [-0.39, 0.29) is 23.6 Å². The van der Waals surface area contributed by atoms with Crippen molar-refractivity contribution in [1.29, 1.82) is 0 Å². The summed E-state index contributed by atoms with van der Waals surface area (Å²) in [7, 11) is 3.05. The zero-order chi connectivity index (χ0) is 26.8. The van der Waals surface area contributed by atoms with Gasteiger partial charge in [0.2, 0.25) is 11.9 Å². The van der Waals surface area contributed by atoms with Gasteiger partial charge >= 0.3 is 0 Å². The maximum absolute atomic E-state index is 13.9. The van der Waals surface area contributed by atoms with Gasteiger partial charge in [-0.25, -0.2) is 4.98 Å². The Hall–Kier alpha value is -3.67. The number of nitrogens with one attached hydrogen (secondary N) is 2. The van der Waals surface area contributed by atoms with E-state index in [1.165, 1.54) is 13.2 Å². The van der Waals surface area contributed by atoms with Gasteiger partial charge in [-0.2, -0.15) is 4.98 Å². The quantitative estimate of drug-likeness (QED) is 0.372. The third kappa shape index (κ3) is 5.17. The summed E-state index contributed by atoms with van der Waals surface area (Å²) in [5.41, 5.74) is 1.15. The van der Waals surface area contributed by atoms with Crippen LogP contribution < -0.4 is 25.7 Å². The molecular weight excluding hydrogens is 512 g/mol. The molecule has 2 N–H and O–H groups in total. The van der Waals surface area contributed by atoms with E-state index in [2.05, 4.69) is 32.1 Å². The number of likely N-dealkylation sites (tertiary alicyclic amines) is 1. The Balaban J connectivity index is 1.51. The van der Waals surface area contributed by atoms with Crippen LogP contribution in [0.2, 0.25) is 5.02 Å². The molecule has 2 aliphatic heterocycles. The van der Waals surface area contributed by atoms with Crippen LogP contribution in [-0.2, 0) is 16.1 Å². The van der Waals surface area contributed by atoms with Crippen LogP contribution in [-0.4, -0.2) is 84.5 Å². The van der Waals surface area contributed by atoms with E-state index in [0.717, 1.165) is 0 Å². The maximum atomic E-state index is 13.9. The third-order valence-corrected chi connectivity index (χ3v) is 7.08. The molecular formula is C26H29ClN6O5. The highest BCUT2D eigenvalue weighted by molar-refractivity contribution is 6.35. The van der Waals surface area contributed by atoms with E-state index < -0.39 is 0 Å². The Labute approximate surface area is 224 Å². The fourth-order valence-corrected chi connectivity index (χ4v) is 4.80. The molecule has 4 heterocycles. The van der Waals surface area contributed by atoms with Gasteiger partial charge in [0.15, 0.2) is 0 Å². The molecule has 0 saturated carbocycles. The van der Waals surface area contributed by atoms with E-state index in [1.807, 2.05) is 0 Å². The van der Waals surface area contributed by atoms with Gasteiger partial charge in [-0.1, -0.05) is 18.2 Å². The van der Waals surface area contributed by atoms with Crippen molar-refractivity contribution in [3.63, 3.8) is 0 Å². The van der Waals surface area contributed by atoms with Crippen molar-refractivity contribution >= 4 is 34.5 Å². The number of methoxy groups -OCH3 is 2. The molecule has 0 aliphatic carbocycles. The second-order valence-electron chi connectivity index (χ2n) is 9.23. The van der Waals surface area contributed by atoms with E-state index in [9.17, 15) is 9.59 Å². The minimum atomic E-state index is -0.247. The van der Waals surface area contributed by atoms with Crippen molar-refractivity contribution < 1.29 is 19.0 Å². The molecule has 1 aromatic carbocycles. The summed E-state index contributed by atoms with van der Waals surface area (Å²) in [6.45, 7) is 7.01. The number of anilines is 1. The molecule has 0 spiro atoms. The molecule has 1 amide bonds. The number of rotatable bonds is 10. The predicted molar refractivity (Wildman–Crippen MR) is 144 cm³/mol. The molecule has 0 radical (unpaired) electrons. The minimum absolute atomic E-state index is 0.0613. The van der Waals surface area contributed by atoms with Crippen LogP contribution in [0, 0.1) is 0 Å². The number of hydrogen-bond donors (Lipinski definition) is 2. The first-order chi connectivity index (χ1) is 18.4. The third-order valence-electron chi connectivity index (χ3n) is 6.69. The summed E-state index contributed by atoms with van der Waals surface area (Å²) in [4.78, 5) is 36.8. The van der Waals surface area contributed by atoms with Gasteiger partial charge < -0.3 is 24.8 Å². The lowest BCUT2D eigenvalue weighted by molar-refractivity contribution is -0.118. The molecule has 2 aromatic heterocycles. The first-order valence-electron chi connectivity index (χ1n) is 12.2. The molecule has 2 fully saturated rings. The Morgan fingerprint density at radius 2 is 1.97 bits per heavy atom. The van der Waals surface area contributed by atoms with Crippen LogP contribution in [0.25, 0.3) is 22.2 Å². The number of nitrogens with zero attached hydrogens (tertiary/aromatic N) is 4. The molecule has 0 atom stereocenters. The normalized spacial score (nSPS) is 16.0. The number of hydrogen-bond acceptors (Lipinski definition) is 9. The fraction of sp³-hybridized carbons (Fsp3) is 0.385. The molecule has 3 aromatic rings. The van der Waals surface area contributed by atoms with Gasteiger partial charge in [0, 0.05) is 55.0 Å². The van der Waals surface area contributed by atoms with Crippen LogP contribution in [0.15, 0.2) is 41.8 Å². The summed E-state index contributed by atoms with van der Waals surface area (Å²) >= 11 is 6.65. The minimum Gasteiger partial charge on any atom is -0.497 e. The Morgan fingerprint density at radius 3 is 2.63 bits per heavy atom. The lowest BCUT2D eigenvalue weighted by Crippen LogP contribution is -2.59. The van der Waals surface area contributed by atoms with Crippen molar-refractivity contribution in [3.8, 4) is 22.6 Å². The Kier molecular flexibility index (Phi) is 7.50. The molecule has 2 aliphatic rings. The van der Waals surface area contributed by atoms with Crippen LogP contribution in [0.1, 0.15) is 0 Å². The first kappa shape index (κ1) is 26.0. The molecule has 11 nitrogen and oxygen atoms in total. The van der Waals surface area contributed by atoms with Crippen molar-refractivity contribution in [1.82, 2.24) is 24.8 Å². The zero-order valence-corrected chi connectivity index (χ0v) is 22.0. The average Bonchev–Trinajstić information content (AvgIpc) is 2.88. The van der Waals surface area contributed by atoms with Crippen molar-refractivity contribution in [2.75, 3.05) is 52.4 Å². The van der Waals surface area contributed by atoms with Gasteiger partial charge in [0.1, 0.15) is 17.1 Å². The molecule has 38 heavy (non-hydrogen) atoms. The lowest BCUT2D eigenvalue weighted by Gasteiger charge is -2.39. The fourth-order valence-electron chi connectivity index (χ4n) is 4.51. The second kappa shape index (κ2) is 11.0. The monoisotopic (exact) mass is 540 g/mol. The molecule has 12 heteroatoms. The van der Waals surface area contributed by atoms with Crippen LogP contribution >= 0.6 is 11.6 Å². The number of amides is 1. The Bertz CT molecular complexity index is 1430. The SMILES string of the molecule is C=CC(=O)NC1CN(CCn2c(=O)c(-c3cc(OC)cc(OC)c3Cl)cc3cnc(NC4COC4)nc32)C1. The van der Waals surface area contributed by atoms with E-state index in [0.29, 0.717) is 84.0 Å².